The van der Waals surface area contributed by atoms with E-state index in [1.54, 1.807) is 13.4 Å². The Kier molecular flexibility index (Phi) is 7.06. The van der Waals surface area contributed by atoms with Gasteiger partial charge in [0, 0.05) is 26.3 Å². The normalized spacial score (nSPS) is 10.2. The van der Waals surface area contributed by atoms with Gasteiger partial charge in [0.2, 0.25) is 0 Å². The van der Waals surface area contributed by atoms with E-state index in [1.165, 1.54) is 19.3 Å². The molecule has 0 saturated carbocycles. The number of ether oxygens (including phenoxy) is 1. The first kappa shape index (κ1) is 13.7. The molecule has 0 atom stereocenters. The van der Waals surface area contributed by atoms with Gasteiger partial charge in [-0.1, -0.05) is 19.8 Å². The van der Waals surface area contributed by atoms with E-state index in [0.29, 0.717) is 6.61 Å². The van der Waals surface area contributed by atoms with E-state index in [0.717, 1.165) is 24.7 Å². The number of anilines is 2. The van der Waals surface area contributed by atoms with Crippen LogP contribution in [0.4, 0.5) is 11.6 Å². The van der Waals surface area contributed by atoms with Gasteiger partial charge in [0.25, 0.3) is 0 Å². The van der Waals surface area contributed by atoms with E-state index in [1.807, 2.05) is 6.07 Å². The average molecular weight is 238 g/mol. The van der Waals surface area contributed by atoms with Crippen molar-refractivity contribution in [3.05, 3.63) is 12.4 Å². The van der Waals surface area contributed by atoms with Gasteiger partial charge in [-0.3, -0.25) is 0 Å². The molecule has 0 aromatic carbocycles. The van der Waals surface area contributed by atoms with Gasteiger partial charge in [-0.05, 0) is 6.42 Å². The fourth-order valence-corrected chi connectivity index (χ4v) is 1.42. The minimum atomic E-state index is 0.670. The van der Waals surface area contributed by atoms with E-state index >= 15 is 0 Å². The van der Waals surface area contributed by atoms with Gasteiger partial charge in [0.05, 0.1) is 6.61 Å². The van der Waals surface area contributed by atoms with Crippen LogP contribution in [0.2, 0.25) is 0 Å². The van der Waals surface area contributed by atoms with E-state index in [9.17, 15) is 0 Å². The van der Waals surface area contributed by atoms with Crippen molar-refractivity contribution >= 4 is 11.6 Å². The molecule has 96 valence electrons. The van der Waals surface area contributed by atoms with Crippen molar-refractivity contribution in [1.82, 2.24) is 9.97 Å². The maximum atomic E-state index is 4.96. The number of unbranched alkanes of at least 4 members (excludes halogenated alkanes) is 2. The minimum absolute atomic E-state index is 0.670. The number of hydrogen-bond acceptors (Lipinski definition) is 5. The molecule has 0 aliphatic rings. The Bertz CT molecular complexity index is 306. The van der Waals surface area contributed by atoms with Gasteiger partial charge in [0.1, 0.15) is 18.0 Å². The van der Waals surface area contributed by atoms with Crippen molar-refractivity contribution in [2.45, 2.75) is 26.2 Å². The molecule has 5 heteroatoms. The monoisotopic (exact) mass is 238 g/mol. The van der Waals surface area contributed by atoms with Crippen LogP contribution in [0.25, 0.3) is 0 Å². The van der Waals surface area contributed by atoms with Crippen molar-refractivity contribution < 1.29 is 4.74 Å². The van der Waals surface area contributed by atoms with Crippen molar-refractivity contribution in [2.24, 2.45) is 0 Å². The molecule has 0 fully saturated rings. The number of hydrogen-bond donors (Lipinski definition) is 2. The van der Waals surface area contributed by atoms with Crippen LogP contribution >= 0.6 is 0 Å². The summed E-state index contributed by atoms with van der Waals surface area (Å²) in [5.74, 6) is 1.70. The third-order valence-corrected chi connectivity index (χ3v) is 2.37. The summed E-state index contributed by atoms with van der Waals surface area (Å²) < 4.78 is 4.96. The lowest BCUT2D eigenvalue weighted by atomic mass is 10.2. The lowest BCUT2D eigenvalue weighted by molar-refractivity contribution is 0.210. The highest BCUT2D eigenvalue weighted by molar-refractivity contribution is 5.46. The predicted molar refractivity (Wildman–Crippen MR) is 70.4 cm³/mol. The van der Waals surface area contributed by atoms with Crippen LogP contribution in [0.5, 0.6) is 0 Å². The summed E-state index contributed by atoms with van der Waals surface area (Å²) in [4.78, 5) is 8.31. The molecular formula is C12H22N4O. The van der Waals surface area contributed by atoms with Gasteiger partial charge in [-0.2, -0.15) is 0 Å². The highest BCUT2D eigenvalue weighted by Crippen LogP contribution is 2.08. The van der Waals surface area contributed by atoms with Gasteiger partial charge in [0.15, 0.2) is 0 Å². The molecule has 0 unspecified atom stereocenters. The van der Waals surface area contributed by atoms with Crippen LogP contribution < -0.4 is 10.6 Å². The molecule has 0 bridgehead atoms. The summed E-state index contributed by atoms with van der Waals surface area (Å²) in [5.41, 5.74) is 0. The number of aromatic nitrogens is 2. The Labute approximate surface area is 103 Å². The molecule has 17 heavy (non-hydrogen) atoms. The molecule has 0 amide bonds. The zero-order chi connectivity index (χ0) is 12.3. The second-order valence-electron chi connectivity index (χ2n) is 3.84. The van der Waals surface area contributed by atoms with Gasteiger partial charge < -0.3 is 15.4 Å². The number of rotatable bonds is 9. The quantitative estimate of drug-likeness (QED) is 0.645. The van der Waals surface area contributed by atoms with E-state index in [4.69, 9.17) is 4.74 Å². The first-order chi connectivity index (χ1) is 8.36. The highest BCUT2D eigenvalue weighted by Gasteiger charge is 1.97. The SMILES string of the molecule is CCCCCNc1cc(NCCOC)ncn1. The fourth-order valence-electron chi connectivity index (χ4n) is 1.42. The Hall–Kier alpha value is -1.36. The molecular weight excluding hydrogens is 216 g/mol. The molecule has 0 aliphatic heterocycles. The average Bonchev–Trinajstić information content (AvgIpc) is 2.36. The smallest absolute Gasteiger partial charge is 0.131 e. The van der Waals surface area contributed by atoms with Crippen molar-refractivity contribution in [3.8, 4) is 0 Å². The maximum absolute atomic E-state index is 4.96. The third kappa shape index (κ3) is 6.06. The number of methoxy groups -OCH3 is 1. The summed E-state index contributed by atoms with van der Waals surface area (Å²) in [6, 6.07) is 1.92. The van der Waals surface area contributed by atoms with Crippen LogP contribution in [0.15, 0.2) is 12.4 Å². The topological polar surface area (TPSA) is 59.1 Å². The predicted octanol–water partition coefficient (Wildman–Crippen LogP) is 2.14. The highest BCUT2D eigenvalue weighted by atomic mass is 16.5. The molecule has 0 spiro atoms. The Balaban J connectivity index is 2.31. The number of nitrogens with one attached hydrogen (secondary N) is 2. The summed E-state index contributed by atoms with van der Waals surface area (Å²) in [6.45, 7) is 4.58. The van der Waals surface area contributed by atoms with E-state index in [2.05, 4.69) is 27.5 Å². The van der Waals surface area contributed by atoms with Crippen molar-refractivity contribution in [3.63, 3.8) is 0 Å². The lowest BCUT2D eigenvalue weighted by Gasteiger charge is -2.08. The van der Waals surface area contributed by atoms with Gasteiger partial charge in [-0.15, -0.1) is 0 Å². The van der Waals surface area contributed by atoms with Gasteiger partial charge >= 0.3 is 0 Å². The summed E-state index contributed by atoms with van der Waals surface area (Å²) in [7, 11) is 1.68. The molecule has 2 N–H and O–H groups in total. The maximum Gasteiger partial charge on any atom is 0.131 e. The standard InChI is InChI=1S/C12H22N4O/c1-3-4-5-6-13-11-9-12(16-10-15-11)14-7-8-17-2/h9-10H,3-8H2,1-2H3,(H2,13,14,15,16). The molecule has 0 saturated heterocycles. The van der Waals surface area contributed by atoms with Crippen molar-refractivity contribution in [1.29, 1.82) is 0 Å². The van der Waals surface area contributed by atoms with Crippen LogP contribution in [-0.4, -0.2) is 36.8 Å². The second-order valence-corrected chi connectivity index (χ2v) is 3.84. The third-order valence-electron chi connectivity index (χ3n) is 2.37. The second kappa shape index (κ2) is 8.75. The minimum Gasteiger partial charge on any atom is -0.383 e. The molecule has 1 aromatic rings. The molecule has 1 heterocycles. The number of nitrogens with zero attached hydrogens (tertiary/aromatic N) is 2. The molecule has 1 rings (SSSR count). The summed E-state index contributed by atoms with van der Waals surface area (Å²) >= 11 is 0. The molecule has 1 aromatic heterocycles. The zero-order valence-corrected chi connectivity index (χ0v) is 10.7. The Morgan fingerprint density at radius 2 is 1.82 bits per heavy atom. The molecule has 5 nitrogen and oxygen atoms in total. The van der Waals surface area contributed by atoms with E-state index < -0.39 is 0 Å². The van der Waals surface area contributed by atoms with Crippen LogP contribution in [0.3, 0.4) is 0 Å². The van der Waals surface area contributed by atoms with Gasteiger partial charge in [-0.25, -0.2) is 9.97 Å². The zero-order valence-electron chi connectivity index (χ0n) is 10.7. The lowest BCUT2D eigenvalue weighted by Crippen LogP contribution is -2.10. The molecule has 0 aliphatic carbocycles. The summed E-state index contributed by atoms with van der Waals surface area (Å²) in [5, 5.41) is 6.46. The van der Waals surface area contributed by atoms with Crippen LogP contribution in [0, 0.1) is 0 Å². The van der Waals surface area contributed by atoms with E-state index in [-0.39, 0.29) is 0 Å². The Morgan fingerprint density at radius 1 is 1.12 bits per heavy atom. The van der Waals surface area contributed by atoms with Crippen LogP contribution in [-0.2, 0) is 4.74 Å². The van der Waals surface area contributed by atoms with Crippen LogP contribution in [0.1, 0.15) is 26.2 Å². The largest absolute Gasteiger partial charge is 0.383 e. The fraction of sp³-hybridized carbons (Fsp3) is 0.667. The van der Waals surface area contributed by atoms with Crippen molar-refractivity contribution in [2.75, 3.05) is 37.4 Å². The molecule has 0 radical (unpaired) electrons. The first-order valence-electron chi connectivity index (χ1n) is 6.15. The first-order valence-corrected chi connectivity index (χ1v) is 6.15. The Morgan fingerprint density at radius 3 is 2.47 bits per heavy atom. The summed E-state index contributed by atoms with van der Waals surface area (Å²) in [6.07, 6.45) is 5.22.